The number of aliphatic hydroxyl groups is 8. The van der Waals surface area contributed by atoms with E-state index in [0.717, 1.165) is 0 Å². The van der Waals surface area contributed by atoms with Gasteiger partial charge in [-0.15, -0.1) is 0 Å². The fourth-order valence-electron chi connectivity index (χ4n) is 4.58. The van der Waals surface area contributed by atoms with E-state index in [1.54, 1.807) is 6.92 Å². The Morgan fingerprint density at radius 3 is 1.80 bits per heavy atom. The molecule has 3 rings (SSSR count). The predicted octanol–water partition coefficient (Wildman–Crippen LogP) is -8.62. The summed E-state index contributed by atoms with van der Waals surface area (Å²) in [6.45, 7) is 1.51. The van der Waals surface area contributed by atoms with Gasteiger partial charge < -0.3 is 73.8 Å². The summed E-state index contributed by atoms with van der Waals surface area (Å²) < 4.78 is 71.1. The van der Waals surface area contributed by atoms with Crippen LogP contribution in [-0.2, 0) is 43.0 Å². The zero-order valence-electron chi connectivity index (χ0n) is 22.6. The molecule has 0 aromatic heterocycles. The summed E-state index contributed by atoms with van der Waals surface area (Å²) in [5.41, 5.74) is 0. The van der Waals surface area contributed by atoms with Crippen molar-refractivity contribution >= 4 is 10.4 Å². The molecule has 0 radical (unpaired) electrons. The normalized spacial score (nSPS) is 45.7. The molecule has 3 aliphatic rings. The molecular weight excluding hydrogens is 595 g/mol. The molecular formula is C21H37NaO18S. The van der Waals surface area contributed by atoms with Crippen LogP contribution in [0.25, 0.3) is 0 Å². The van der Waals surface area contributed by atoms with Crippen molar-refractivity contribution in [2.24, 2.45) is 0 Å². The molecule has 41 heavy (non-hydrogen) atoms. The summed E-state index contributed by atoms with van der Waals surface area (Å²) in [5.74, 6) is 0. The van der Waals surface area contributed by atoms with Crippen LogP contribution >= 0.6 is 0 Å². The molecule has 20 heteroatoms. The smallest absolute Gasteiger partial charge is 0.726 e. The molecule has 0 saturated carbocycles. The zero-order valence-corrected chi connectivity index (χ0v) is 25.4. The van der Waals surface area contributed by atoms with Crippen LogP contribution in [0.3, 0.4) is 0 Å². The Morgan fingerprint density at radius 1 is 0.707 bits per heavy atom. The van der Waals surface area contributed by atoms with E-state index < -0.39 is 116 Å². The third-order valence-electron chi connectivity index (χ3n) is 6.72. The molecule has 0 spiro atoms. The summed E-state index contributed by atoms with van der Waals surface area (Å²) in [4.78, 5) is 0. The quantitative estimate of drug-likeness (QED) is 0.0596. The van der Waals surface area contributed by atoms with Crippen LogP contribution in [0, 0.1) is 0 Å². The van der Waals surface area contributed by atoms with Gasteiger partial charge in [-0.25, -0.2) is 8.42 Å². The van der Waals surface area contributed by atoms with E-state index >= 15 is 0 Å². The maximum absolute atomic E-state index is 11.2. The molecule has 236 valence electrons. The van der Waals surface area contributed by atoms with E-state index in [0.29, 0.717) is 6.42 Å². The monoisotopic (exact) mass is 632 g/mol. The second kappa shape index (κ2) is 16.0. The third-order valence-corrected chi connectivity index (χ3v) is 7.18. The van der Waals surface area contributed by atoms with Crippen molar-refractivity contribution in [1.29, 1.82) is 0 Å². The predicted molar refractivity (Wildman–Crippen MR) is 122 cm³/mol. The maximum atomic E-state index is 11.2. The van der Waals surface area contributed by atoms with Gasteiger partial charge in [0.2, 0.25) is 10.4 Å². The van der Waals surface area contributed by atoms with Gasteiger partial charge in [-0.2, -0.15) is 0 Å². The van der Waals surface area contributed by atoms with Gasteiger partial charge in [0.05, 0.1) is 19.3 Å². The van der Waals surface area contributed by atoms with Crippen molar-refractivity contribution in [2.75, 3.05) is 19.8 Å². The standard InChI is InChI=1S/C21H38O18S.Na/c1-3-4-33-19-15(29)18(38-20-13(27)12(26)10(24)7(2)34-20)16(9(6-23)36-19)37-21-14(28)17(39-40(30,31)32)11(25)8(5-22)35-21;/h7-29H,3-6H2,1-2H3,(H,30,31,32);/q;+1/p-1/t7-,8+,9+,10+,11-,12+,13-,14+,15+,16+,17-,18+,19+,20-,21-;/m0./s1. The van der Waals surface area contributed by atoms with Gasteiger partial charge in [0, 0.05) is 6.61 Å². The molecule has 15 atom stereocenters. The van der Waals surface area contributed by atoms with Gasteiger partial charge in [-0.3, -0.25) is 4.18 Å². The second-order valence-electron chi connectivity index (χ2n) is 9.65. The van der Waals surface area contributed by atoms with E-state index in [1.807, 2.05) is 0 Å². The Bertz CT molecular complexity index is 900. The van der Waals surface area contributed by atoms with E-state index in [-0.39, 0.29) is 36.2 Å². The largest absolute Gasteiger partial charge is 1.00 e. The van der Waals surface area contributed by atoms with Crippen molar-refractivity contribution in [3.8, 4) is 0 Å². The fraction of sp³-hybridized carbons (Fsp3) is 1.00. The molecule has 3 fully saturated rings. The summed E-state index contributed by atoms with van der Waals surface area (Å²) in [6, 6.07) is 0. The number of ether oxygens (including phenoxy) is 6. The van der Waals surface area contributed by atoms with Gasteiger partial charge >= 0.3 is 29.6 Å². The average Bonchev–Trinajstić information content (AvgIpc) is 2.90. The second-order valence-corrected chi connectivity index (χ2v) is 10.7. The van der Waals surface area contributed by atoms with Crippen LogP contribution in [0.2, 0.25) is 0 Å². The van der Waals surface area contributed by atoms with Gasteiger partial charge in [0.25, 0.3) is 0 Å². The number of rotatable bonds is 11. The number of aliphatic hydroxyl groups excluding tert-OH is 8. The summed E-state index contributed by atoms with van der Waals surface area (Å²) in [5, 5.41) is 82.2. The Morgan fingerprint density at radius 2 is 1.24 bits per heavy atom. The van der Waals surface area contributed by atoms with Crippen molar-refractivity contribution in [1.82, 2.24) is 0 Å². The molecule has 0 amide bonds. The van der Waals surface area contributed by atoms with E-state index in [2.05, 4.69) is 4.18 Å². The summed E-state index contributed by atoms with van der Waals surface area (Å²) >= 11 is 0. The topological polar surface area (TPSA) is 284 Å². The Labute approximate surface area is 257 Å². The Hall–Kier alpha value is 0.310. The molecule has 3 aliphatic heterocycles. The van der Waals surface area contributed by atoms with Crippen LogP contribution in [-0.4, -0.2) is 166 Å². The van der Waals surface area contributed by atoms with Crippen LogP contribution in [0.5, 0.6) is 0 Å². The van der Waals surface area contributed by atoms with Crippen molar-refractivity contribution in [2.45, 2.75) is 112 Å². The Balaban J connectivity index is 0.00000588. The van der Waals surface area contributed by atoms with Gasteiger partial charge in [-0.1, -0.05) is 6.92 Å². The van der Waals surface area contributed by atoms with Crippen molar-refractivity contribution < 1.29 is 116 Å². The first-order valence-corrected chi connectivity index (χ1v) is 13.9. The zero-order chi connectivity index (χ0) is 29.9. The first-order chi connectivity index (χ1) is 18.7. The molecule has 0 aromatic rings. The SMILES string of the molecule is CCCO[C@@H]1O[C@H](CO)[C@@H](O[C@@H]2O[C@H](CO)[C@H](O)[C@H](OS(=O)(=O)[O-])[C@H]2O)[C@H](O[C@@H]2O[C@@H](C)[C@@H](O)[C@@H](O)[C@@H]2O)[C@H]1O.[Na+]. The molecule has 3 saturated heterocycles. The summed E-state index contributed by atoms with van der Waals surface area (Å²) in [6.07, 6.45) is -25.0. The van der Waals surface area contributed by atoms with Crippen molar-refractivity contribution in [3.05, 3.63) is 0 Å². The van der Waals surface area contributed by atoms with Crippen LogP contribution in [0.4, 0.5) is 0 Å². The molecule has 0 aromatic carbocycles. The fourth-order valence-corrected chi connectivity index (χ4v) is 5.08. The number of hydrogen-bond donors (Lipinski definition) is 8. The van der Waals surface area contributed by atoms with Crippen LogP contribution in [0.1, 0.15) is 20.3 Å². The average molecular weight is 633 g/mol. The molecule has 0 unspecified atom stereocenters. The molecule has 0 aliphatic carbocycles. The van der Waals surface area contributed by atoms with Gasteiger partial charge in [0.15, 0.2) is 18.9 Å². The van der Waals surface area contributed by atoms with Crippen LogP contribution in [0.15, 0.2) is 0 Å². The van der Waals surface area contributed by atoms with E-state index in [9.17, 15) is 53.8 Å². The third kappa shape index (κ3) is 8.95. The first-order valence-electron chi connectivity index (χ1n) is 12.6. The molecule has 18 nitrogen and oxygen atoms in total. The van der Waals surface area contributed by atoms with Crippen molar-refractivity contribution in [3.63, 3.8) is 0 Å². The first kappa shape index (κ1) is 37.5. The minimum absolute atomic E-state index is 0. The summed E-state index contributed by atoms with van der Waals surface area (Å²) in [7, 11) is -5.47. The Kier molecular flexibility index (Phi) is 14.7. The number of hydrogen-bond acceptors (Lipinski definition) is 18. The minimum Gasteiger partial charge on any atom is -0.726 e. The van der Waals surface area contributed by atoms with Crippen LogP contribution < -0.4 is 29.6 Å². The van der Waals surface area contributed by atoms with E-state index in [1.165, 1.54) is 6.92 Å². The molecule has 3 heterocycles. The maximum Gasteiger partial charge on any atom is 1.00 e. The van der Waals surface area contributed by atoms with E-state index in [4.69, 9.17) is 28.4 Å². The molecule has 8 N–H and O–H groups in total. The minimum atomic E-state index is -5.47. The molecule has 0 bridgehead atoms. The van der Waals surface area contributed by atoms with Gasteiger partial charge in [-0.05, 0) is 13.3 Å². The van der Waals surface area contributed by atoms with Gasteiger partial charge in [0.1, 0.15) is 67.1 Å².